The molecule has 3 nitrogen and oxygen atoms in total. The summed E-state index contributed by atoms with van der Waals surface area (Å²) in [7, 11) is 1.65. The fourth-order valence-corrected chi connectivity index (χ4v) is 2.47. The molecule has 0 spiro atoms. The second kappa shape index (κ2) is 4.83. The number of hydrogen-bond acceptors (Lipinski definition) is 3. The number of ether oxygens (including phenoxy) is 1. The Morgan fingerprint density at radius 2 is 2.38 bits per heavy atom. The third kappa shape index (κ3) is 2.35. The number of nitrogens with zero attached hydrogens (tertiary/aromatic N) is 1. The molecule has 0 bridgehead atoms. The minimum absolute atomic E-state index is 0.302. The molecule has 1 aliphatic rings. The topological polar surface area (TPSA) is 34.1 Å². The van der Waals surface area contributed by atoms with E-state index in [1.807, 2.05) is 12.3 Å². The van der Waals surface area contributed by atoms with Crippen molar-refractivity contribution in [1.29, 1.82) is 0 Å². The van der Waals surface area contributed by atoms with Gasteiger partial charge in [-0.15, -0.1) is 0 Å². The first-order valence-electron chi connectivity index (χ1n) is 6.02. The summed E-state index contributed by atoms with van der Waals surface area (Å²) in [6.45, 7) is 3.41. The predicted octanol–water partition coefficient (Wildman–Crippen LogP) is 2.16. The highest BCUT2D eigenvalue weighted by Crippen LogP contribution is 2.27. The van der Waals surface area contributed by atoms with Gasteiger partial charge in [0.15, 0.2) is 0 Å². The number of pyridine rings is 1. The number of hydrogen-bond donors (Lipinski definition) is 1. The first kappa shape index (κ1) is 11.4. The normalized spacial score (nSPS) is 24.6. The van der Waals surface area contributed by atoms with Crippen LogP contribution in [0.5, 0.6) is 5.88 Å². The molecular weight excluding hydrogens is 200 g/mol. The van der Waals surface area contributed by atoms with Gasteiger partial charge in [0.05, 0.1) is 7.11 Å². The van der Waals surface area contributed by atoms with Crippen molar-refractivity contribution in [2.24, 2.45) is 0 Å². The summed E-state index contributed by atoms with van der Waals surface area (Å²) in [5.41, 5.74) is 1.59. The van der Waals surface area contributed by atoms with Crippen molar-refractivity contribution in [1.82, 2.24) is 10.3 Å². The molecule has 2 rings (SSSR count). The fraction of sp³-hybridized carbons (Fsp3) is 0.615. The Morgan fingerprint density at radius 3 is 2.88 bits per heavy atom. The van der Waals surface area contributed by atoms with Crippen LogP contribution in [0.3, 0.4) is 0 Å². The van der Waals surface area contributed by atoms with Crippen LogP contribution in [-0.4, -0.2) is 24.2 Å². The molecular formula is C13H20N2O. The van der Waals surface area contributed by atoms with Crippen LogP contribution in [-0.2, 0) is 6.42 Å². The maximum atomic E-state index is 5.06. The van der Waals surface area contributed by atoms with Crippen LogP contribution in [0.1, 0.15) is 31.7 Å². The molecule has 1 aromatic rings. The zero-order valence-electron chi connectivity index (χ0n) is 10.1. The number of nitrogens with one attached hydrogen (secondary N) is 1. The van der Waals surface area contributed by atoms with Crippen molar-refractivity contribution in [3.63, 3.8) is 0 Å². The Bertz CT molecular complexity index is 328. The summed E-state index contributed by atoms with van der Waals surface area (Å²) in [4.78, 5) is 4.25. The molecule has 1 saturated heterocycles. The Balaban J connectivity index is 2.07. The van der Waals surface area contributed by atoms with Crippen molar-refractivity contribution in [3.8, 4) is 5.88 Å². The van der Waals surface area contributed by atoms with Gasteiger partial charge in [-0.05, 0) is 37.8 Å². The third-order valence-corrected chi connectivity index (χ3v) is 3.56. The van der Waals surface area contributed by atoms with Gasteiger partial charge >= 0.3 is 0 Å². The molecule has 1 unspecified atom stereocenters. The van der Waals surface area contributed by atoms with Crippen LogP contribution in [0.15, 0.2) is 18.3 Å². The Labute approximate surface area is 97.2 Å². The van der Waals surface area contributed by atoms with Crippen LogP contribution < -0.4 is 10.1 Å². The molecule has 0 aromatic carbocycles. The zero-order valence-corrected chi connectivity index (χ0v) is 10.1. The molecule has 3 heteroatoms. The largest absolute Gasteiger partial charge is 0.481 e. The monoisotopic (exact) mass is 220 g/mol. The van der Waals surface area contributed by atoms with Crippen LogP contribution in [0, 0.1) is 0 Å². The van der Waals surface area contributed by atoms with Gasteiger partial charge in [0.25, 0.3) is 0 Å². The van der Waals surface area contributed by atoms with Crippen LogP contribution >= 0.6 is 0 Å². The molecule has 2 heterocycles. The minimum Gasteiger partial charge on any atom is -0.481 e. The lowest BCUT2D eigenvalue weighted by molar-refractivity contribution is 0.358. The molecule has 0 amide bonds. The van der Waals surface area contributed by atoms with E-state index in [-0.39, 0.29) is 0 Å². The molecule has 0 saturated carbocycles. The summed E-state index contributed by atoms with van der Waals surface area (Å²) in [5, 5.41) is 3.64. The molecule has 1 aliphatic heterocycles. The maximum Gasteiger partial charge on any atom is 0.212 e. The van der Waals surface area contributed by atoms with Crippen LogP contribution in [0.4, 0.5) is 0 Å². The van der Waals surface area contributed by atoms with E-state index in [4.69, 9.17) is 4.74 Å². The van der Waals surface area contributed by atoms with Gasteiger partial charge < -0.3 is 10.1 Å². The van der Waals surface area contributed by atoms with E-state index < -0.39 is 0 Å². The second-order valence-corrected chi connectivity index (χ2v) is 4.55. The lowest BCUT2D eigenvalue weighted by Crippen LogP contribution is -2.41. The summed E-state index contributed by atoms with van der Waals surface area (Å²) in [6, 6.07) is 4.05. The second-order valence-electron chi connectivity index (χ2n) is 4.55. The molecule has 1 aromatic heterocycles. The van der Waals surface area contributed by atoms with E-state index in [1.54, 1.807) is 7.11 Å². The number of rotatable bonds is 4. The quantitative estimate of drug-likeness (QED) is 0.844. The Kier molecular flexibility index (Phi) is 3.44. The van der Waals surface area contributed by atoms with Crippen molar-refractivity contribution in [3.05, 3.63) is 23.9 Å². The van der Waals surface area contributed by atoms with Gasteiger partial charge in [0.1, 0.15) is 0 Å². The molecule has 1 N–H and O–H groups in total. The first-order chi connectivity index (χ1) is 7.78. The van der Waals surface area contributed by atoms with Gasteiger partial charge in [-0.3, -0.25) is 0 Å². The molecule has 1 fully saturated rings. The first-order valence-corrected chi connectivity index (χ1v) is 6.02. The van der Waals surface area contributed by atoms with Crippen molar-refractivity contribution >= 4 is 0 Å². The summed E-state index contributed by atoms with van der Waals surface area (Å²) in [5.74, 6) is 0.689. The fourth-order valence-electron chi connectivity index (χ4n) is 2.47. The summed E-state index contributed by atoms with van der Waals surface area (Å²) >= 11 is 0. The van der Waals surface area contributed by atoms with Crippen molar-refractivity contribution < 1.29 is 4.74 Å². The number of methoxy groups -OCH3 is 1. The minimum atomic E-state index is 0.302. The Hall–Kier alpha value is -1.09. The zero-order chi connectivity index (χ0) is 11.4. The van der Waals surface area contributed by atoms with Gasteiger partial charge in [0.2, 0.25) is 5.88 Å². The summed E-state index contributed by atoms with van der Waals surface area (Å²) in [6.07, 6.45) is 6.74. The van der Waals surface area contributed by atoms with Crippen molar-refractivity contribution in [2.45, 2.75) is 38.1 Å². The highest BCUT2D eigenvalue weighted by molar-refractivity contribution is 5.20. The van der Waals surface area contributed by atoms with E-state index in [0.29, 0.717) is 11.4 Å². The van der Waals surface area contributed by atoms with Crippen LogP contribution in [0.2, 0.25) is 0 Å². The van der Waals surface area contributed by atoms with E-state index in [9.17, 15) is 0 Å². The molecule has 0 radical (unpaired) electrons. The van der Waals surface area contributed by atoms with Crippen LogP contribution in [0.25, 0.3) is 0 Å². The standard InChI is InChI=1S/C13H20N2O/c1-3-13(7-4-8-15-13)9-11-5-6-12(16-2)14-10-11/h5-6,10,15H,3-4,7-9H2,1-2H3. The molecule has 16 heavy (non-hydrogen) atoms. The maximum absolute atomic E-state index is 5.06. The molecule has 88 valence electrons. The van der Waals surface area contributed by atoms with Gasteiger partial charge in [-0.1, -0.05) is 13.0 Å². The van der Waals surface area contributed by atoms with E-state index in [2.05, 4.69) is 23.3 Å². The van der Waals surface area contributed by atoms with Gasteiger partial charge in [-0.25, -0.2) is 4.98 Å². The molecule has 1 atom stereocenters. The van der Waals surface area contributed by atoms with E-state index in [1.165, 1.54) is 24.8 Å². The van der Waals surface area contributed by atoms with E-state index >= 15 is 0 Å². The smallest absolute Gasteiger partial charge is 0.212 e. The van der Waals surface area contributed by atoms with E-state index in [0.717, 1.165) is 13.0 Å². The highest BCUT2D eigenvalue weighted by atomic mass is 16.5. The highest BCUT2D eigenvalue weighted by Gasteiger charge is 2.31. The molecule has 0 aliphatic carbocycles. The number of aromatic nitrogens is 1. The lowest BCUT2D eigenvalue weighted by atomic mass is 9.87. The summed E-state index contributed by atoms with van der Waals surface area (Å²) < 4.78 is 5.06. The SMILES string of the molecule is CCC1(Cc2ccc(OC)nc2)CCCN1. The lowest BCUT2D eigenvalue weighted by Gasteiger charge is -2.28. The average Bonchev–Trinajstić information content (AvgIpc) is 2.79. The van der Waals surface area contributed by atoms with Gasteiger partial charge in [0, 0.05) is 17.8 Å². The average molecular weight is 220 g/mol. The van der Waals surface area contributed by atoms with Gasteiger partial charge in [-0.2, -0.15) is 0 Å². The van der Waals surface area contributed by atoms with Crippen molar-refractivity contribution in [2.75, 3.05) is 13.7 Å². The Morgan fingerprint density at radius 1 is 1.50 bits per heavy atom. The predicted molar refractivity (Wildman–Crippen MR) is 64.8 cm³/mol. The third-order valence-electron chi connectivity index (χ3n) is 3.56.